The maximum Gasteiger partial charge on any atom is 0.306 e. The van der Waals surface area contributed by atoms with E-state index in [1.165, 1.54) is 6.07 Å². The summed E-state index contributed by atoms with van der Waals surface area (Å²) in [5.41, 5.74) is 2.97. The number of aromatic nitrogens is 4. The number of benzene rings is 1. The molecule has 8 nitrogen and oxygen atoms in total. The number of allylic oxidation sites excluding steroid dienone is 1. The van der Waals surface area contributed by atoms with Crippen LogP contribution in [0.15, 0.2) is 35.7 Å². The van der Waals surface area contributed by atoms with Crippen molar-refractivity contribution in [1.29, 1.82) is 0 Å². The number of carbonyl (C=O) groups excluding carboxylic acids is 1. The molecule has 182 valence electrons. The lowest BCUT2D eigenvalue weighted by Crippen LogP contribution is -2.35. The predicted molar refractivity (Wildman–Crippen MR) is 128 cm³/mol. The minimum atomic E-state index is -0.691. The molecule has 0 unspecified atom stereocenters. The molecule has 4 heterocycles. The van der Waals surface area contributed by atoms with Crippen LogP contribution in [0.5, 0.6) is 0 Å². The summed E-state index contributed by atoms with van der Waals surface area (Å²) in [6.45, 7) is 3.85. The van der Waals surface area contributed by atoms with Crippen molar-refractivity contribution in [2.45, 2.75) is 39.0 Å². The average Bonchev–Trinajstić information content (AvgIpc) is 3.29. The average molecular weight is 481 g/mol. The van der Waals surface area contributed by atoms with Crippen molar-refractivity contribution >= 4 is 34.2 Å². The first kappa shape index (κ1) is 23.1. The Hall–Kier alpha value is -3.69. The number of aliphatic imine (C=N–C) groups is 1. The Morgan fingerprint density at radius 3 is 2.63 bits per heavy atom. The van der Waals surface area contributed by atoms with E-state index in [2.05, 4.69) is 29.8 Å². The van der Waals surface area contributed by atoms with Crippen LogP contribution >= 0.6 is 0 Å². The second-order valence-electron chi connectivity index (χ2n) is 8.81. The minimum absolute atomic E-state index is 0.117. The zero-order valence-corrected chi connectivity index (χ0v) is 19.4. The smallest absolute Gasteiger partial charge is 0.306 e. The highest BCUT2D eigenvalue weighted by molar-refractivity contribution is 6.02. The van der Waals surface area contributed by atoms with Crippen molar-refractivity contribution in [2.24, 2.45) is 10.9 Å². The predicted octanol–water partition coefficient (Wildman–Crippen LogP) is 4.42. The van der Waals surface area contributed by atoms with Crippen molar-refractivity contribution in [2.75, 3.05) is 24.6 Å². The Morgan fingerprint density at radius 2 is 1.94 bits per heavy atom. The topological polar surface area (TPSA) is 96.4 Å². The van der Waals surface area contributed by atoms with Crippen LogP contribution in [0.2, 0.25) is 0 Å². The maximum atomic E-state index is 14.0. The van der Waals surface area contributed by atoms with Crippen LogP contribution in [0.1, 0.15) is 50.4 Å². The van der Waals surface area contributed by atoms with Gasteiger partial charge in [-0.2, -0.15) is 0 Å². The van der Waals surface area contributed by atoms with Gasteiger partial charge in [-0.3, -0.25) is 9.79 Å². The SMILES string of the molecule is CCOC(=O)CC1CCN(c2ncc(C3=NC=C(c4nc5c(F)cc(F)cc5[nH]4)CC3)cn2)CC1. The summed E-state index contributed by atoms with van der Waals surface area (Å²) in [5, 5.41) is 0. The lowest BCUT2D eigenvalue weighted by atomic mass is 9.94. The van der Waals surface area contributed by atoms with E-state index >= 15 is 0 Å². The van der Waals surface area contributed by atoms with Gasteiger partial charge in [0.25, 0.3) is 0 Å². The van der Waals surface area contributed by atoms with Crippen molar-refractivity contribution in [3.63, 3.8) is 0 Å². The van der Waals surface area contributed by atoms with Crippen LogP contribution in [0.25, 0.3) is 16.6 Å². The van der Waals surface area contributed by atoms with E-state index in [9.17, 15) is 13.6 Å². The number of nitrogens with zero attached hydrogens (tertiary/aromatic N) is 5. The molecule has 1 N–H and O–H groups in total. The molecule has 0 aliphatic carbocycles. The minimum Gasteiger partial charge on any atom is -0.466 e. The van der Waals surface area contributed by atoms with E-state index in [-0.39, 0.29) is 11.5 Å². The van der Waals surface area contributed by atoms with E-state index in [0.717, 1.165) is 48.8 Å². The Bertz CT molecular complexity index is 1290. The van der Waals surface area contributed by atoms with E-state index in [1.54, 1.807) is 18.6 Å². The quantitative estimate of drug-likeness (QED) is 0.525. The van der Waals surface area contributed by atoms with E-state index < -0.39 is 11.6 Å². The fourth-order valence-corrected chi connectivity index (χ4v) is 4.56. The van der Waals surface area contributed by atoms with Gasteiger partial charge in [0.2, 0.25) is 5.95 Å². The molecule has 1 fully saturated rings. The van der Waals surface area contributed by atoms with Gasteiger partial charge in [-0.15, -0.1) is 0 Å². The number of hydrogen-bond donors (Lipinski definition) is 1. The molecule has 0 saturated carbocycles. The Labute approximate surface area is 201 Å². The molecular formula is C25H26F2N6O2. The van der Waals surface area contributed by atoms with Gasteiger partial charge in [0.1, 0.15) is 17.2 Å². The summed E-state index contributed by atoms with van der Waals surface area (Å²) >= 11 is 0. The number of nitrogens with one attached hydrogen (secondary N) is 1. The molecule has 0 bridgehead atoms. The fraction of sp³-hybridized carbons (Fsp3) is 0.400. The maximum absolute atomic E-state index is 14.0. The number of esters is 1. The molecule has 0 amide bonds. The van der Waals surface area contributed by atoms with Gasteiger partial charge in [0, 0.05) is 55.3 Å². The standard InChI is InChI=1S/C25H26F2N6O2/c1-2-35-22(34)9-15-5-7-33(8-6-15)25-29-13-17(14-30-25)20-4-3-16(12-28-20)24-31-21-11-18(26)10-19(27)23(21)32-24/h10-15H,2-9H2,1H3,(H,31,32). The fourth-order valence-electron chi connectivity index (χ4n) is 4.56. The highest BCUT2D eigenvalue weighted by Crippen LogP contribution is 2.27. The molecule has 0 atom stereocenters. The first-order chi connectivity index (χ1) is 17.0. The second-order valence-corrected chi connectivity index (χ2v) is 8.81. The third-order valence-corrected chi connectivity index (χ3v) is 6.45. The molecule has 2 aromatic heterocycles. The number of H-pyrrole nitrogens is 1. The third-order valence-electron chi connectivity index (χ3n) is 6.45. The van der Waals surface area contributed by atoms with Gasteiger partial charge in [-0.1, -0.05) is 0 Å². The van der Waals surface area contributed by atoms with Crippen molar-refractivity contribution in [1.82, 2.24) is 19.9 Å². The van der Waals surface area contributed by atoms with Crippen LogP contribution in [0.4, 0.5) is 14.7 Å². The molecule has 2 aliphatic rings. The number of hydrogen-bond acceptors (Lipinski definition) is 7. The zero-order valence-electron chi connectivity index (χ0n) is 19.4. The molecule has 5 rings (SSSR count). The first-order valence-corrected chi connectivity index (χ1v) is 11.8. The van der Waals surface area contributed by atoms with Crippen LogP contribution < -0.4 is 4.90 Å². The summed E-state index contributed by atoms with van der Waals surface area (Å²) in [5.74, 6) is 0.0387. The molecule has 1 saturated heterocycles. The van der Waals surface area contributed by atoms with Gasteiger partial charge in [0.15, 0.2) is 5.82 Å². The summed E-state index contributed by atoms with van der Waals surface area (Å²) in [6, 6.07) is 2.06. The molecule has 35 heavy (non-hydrogen) atoms. The van der Waals surface area contributed by atoms with Crippen molar-refractivity contribution in [3.8, 4) is 0 Å². The van der Waals surface area contributed by atoms with Gasteiger partial charge in [-0.25, -0.2) is 23.7 Å². The van der Waals surface area contributed by atoms with Crippen LogP contribution in [0.3, 0.4) is 0 Å². The number of fused-ring (bicyclic) bond motifs is 1. The molecule has 0 spiro atoms. The third kappa shape index (κ3) is 5.06. The molecule has 1 aromatic carbocycles. The summed E-state index contributed by atoms with van der Waals surface area (Å²) in [4.78, 5) is 34.7. The number of aromatic amines is 1. The highest BCUT2D eigenvalue weighted by atomic mass is 19.1. The summed E-state index contributed by atoms with van der Waals surface area (Å²) in [7, 11) is 0. The first-order valence-electron chi connectivity index (χ1n) is 11.8. The van der Waals surface area contributed by atoms with E-state index in [1.807, 2.05) is 6.92 Å². The zero-order chi connectivity index (χ0) is 24.4. The molecule has 2 aliphatic heterocycles. The molecule has 10 heteroatoms. The monoisotopic (exact) mass is 480 g/mol. The normalized spacial score (nSPS) is 16.8. The van der Waals surface area contributed by atoms with Gasteiger partial charge in [-0.05, 0) is 44.6 Å². The van der Waals surface area contributed by atoms with Crippen LogP contribution in [0, 0.1) is 17.6 Å². The lowest BCUT2D eigenvalue weighted by molar-refractivity contribution is -0.144. The highest BCUT2D eigenvalue weighted by Gasteiger charge is 2.24. The van der Waals surface area contributed by atoms with E-state index in [4.69, 9.17) is 4.74 Å². The second kappa shape index (κ2) is 9.89. The molecule has 3 aromatic rings. The molecular weight excluding hydrogens is 454 g/mol. The Morgan fingerprint density at radius 1 is 1.17 bits per heavy atom. The summed E-state index contributed by atoms with van der Waals surface area (Å²) < 4.78 is 32.5. The largest absolute Gasteiger partial charge is 0.466 e. The van der Waals surface area contributed by atoms with Crippen LogP contribution in [-0.2, 0) is 9.53 Å². The number of imidazole rings is 1. The van der Waals surface area contributed by atoms with E-state index in [0.29, 0.717) is 49.1 Å². The van der Waals surface area contributed by atoms with Crippen molar-refractivity contribution in [3.05, 3.63) is 53.7 Å². The summed E-state index contributed by atoms with van der Waals surface area (Å²) in [6.07, 6.45) is 8.85. The van der Waals surface area contributed by atoms with Gasteiger partial charge >= 0.3 is 5.97 Å². The van der Waals surface area contributed by atoms with Crippen molar-refractivity contribution < 1.29 is 18.3 Å². The number of rotatable bonds is 6. The van der Waals surface area contributed by atoms with Gasteiger partial charge in [0.05, 0.1) is 17.8 Å². The Kier molecular flexibility index (Phi) is 6.52. The van der Waals surface area contributed by atoms with Gasteiger partial charge < -0.3 is 14.6 Å². The Balaban J connectivity index is 1.23. The number of anilines is 1. The number of carbonyl (C=O) groups is 1. The number of halogens is 2. The number of piperidine rings is 1. The molecule has 0 radical (unpaired) electrons. The van der Waals surface area contributed by atoms with Crippen LogP contribution in [-0.4, -0.2) is 51.3 Å². The number of ether oxygens (including phenoxy) is 1. The lowest BCUT2D eigenvalue weighted by Gasteiger charge is -2.31.